The van der Waals surface area contributed by atoms with Gasteiger partial charge in [-0.2, -0.15) is 10.5 Å². The van der Waals surface area contributed by atoms with Crippen LogP contribution in [0.1, 0.15) is 6.42 Å². The molecule has 0 saturated heterocycles. The predicted octanol–water partition coefficient (Wildman–Crippen LogP) is 0.934. The number of nitrogens with one attached hydrogen (secondary N) is 1. The Labute approximate surface area is 74.2 Å². The van der Waals surface area contributed by atoms with Gasteiger partial charge in [0, 0.05) is 6.42 Å². The first-order valence-electron chi connectivity index (χ1n) is 3.23. The molecule has 1 aliphatic rings. The van der Waals surface area contributed by atoms with Crippen molar-refractivity contribution >= 4 is 16.8 Å². The Bertz CT molecular complexity index is 330. The lowest BCUT2D eigenvalue weighted by Gasteiger charge is -2.16. The summed E-state index contributed by atoms with van der Waals surface area (Å²) < 4.78 is 0. The van der Waals surface area contributed by atoms with Crippen LogP contribution in [0, 0.1) is 34.0 Å². The lowest BCUT2D eigenvalue weighted by Crippen LogP contribution is -2.17. The van der Waals surface area contributed by atoms with Crippen LogP contribution in [-0.2, 0) is 0 Å². The van der Waals surface area contributed by atoms with Crippen LogP contribution in [-0.4, -0.2) is 5.04 Å². The molecule has 1 atom stereocenters. The summed E-state index contributed by atoms with van der Waals surface area (Å²) in [5, 5.41) is 25.1. The van der Waals surface area contributed by atoms with Gasteiger partial charge in [-0.3, -0.25) is 5.41 Å². The quantitative estimate of drug-likeness (QED) is 0.576. The summed E-state index contributed by atoms with van der Waals surface area (Å²) in [5.74, 6) is -0.489. The minimum Gasteiger partial charge on any atom is -0.392 e. The number of thioether (sulfide) groups is 1. The van der Waals surface area contributed by atoms with E-state index in [9.17, 15) is 0 Å². The molecular formula is C7H6N4S. The molecule has 1 heterocycles. The zero-order chi connectivity index (χ0) is 9.14. The van der Waals surface area contributed by atoms with Crippen molar-refractivity contribution in [3.63, 3.8) is 0 Å². The molecule has 0 saturated carbocycles. The Hall–Kier alpha value is -1.46. The lowest BCUT2D eigenvalue weighted by atomic mass is 10.0. The average Bonchev–Trinajstić information content (AvgIpc) is 2.05. The Morgan fingerprint density at radius 2 is 2.25 bits per heavy atom. The Morgan fingerprint density at radius 1 is 1.58 bits per heavy atom. The second kappa shape index (κ2) is 3.29. The van der Waals surface area contributed by atoms with Crippen molar-refractivity contribution in [1.29, 1.82) is 15.9 Å². The number of nitriles is 2. The van der Waals surface area contributed by atoms with Gasteiger partial charge in [0.1, 0.15) is 0 Å². The van der Waals surface area contributed by atoms with Crippen LogP contribution in [0.2, 0.25) is 0 Å². The monoisotopic (exact) mass is 178 g/mol. The minimum atomic E-state index is -0.489. The van der Waals surface area contributed by atoms with Gasteiger partial charge in [-0.15, -0.1) is 0 Å². The van der Waals surface area contributed by atoms with Crippen molar-refractivity contribution in [2.45, 2.75) is 6.42 Å². The van der Waals surface area contributed by atoms with Gasteiger partial charge in [-0.05, 0) is 0 Å². The molecule has 0 aromatic heterocycles. The van der Waals surface area contributed by atoms with E-state index in [1.54, 1.807) is 0 Å². The molecule has 0 fully saturated rings. The van der Waals surface area contributed by atoms with E-state index >= 15 is 0 Å². The van der Waals surface area contributed by atoms with E-state index in [2.05, 4.69) is 0 Å². The summed E-state index contributed by atoms with van der Waals surface area (Å²) in [6.07, 6.45) is 0.282. The molecule has 5 heteroatoms. The van der Waals surface area contributed by atoms with E-state index in [-0.39, 0.29) is 11.5 Å². The average molecular weight is 178 g/mol. The highest BCUT2D eigenvalue weighted by Gasteiger charge is 2.24. The third kappa shape index (κ3) is 1.41. The van der Waals surface area contributed by atoms with E-state index in [0.717, 1.165) is 11.8 Å². The smallest absolute Gasteiger partial charge is 0.0990 e. The van der Waals surface area contributed by atoms with Gasteiger partial charge in [-0.1, -0.05) is 11.8 Å². The molecule has 12 heavy (non-hydrogen) atoms. The molecule has 60 valence electrons. The maximum Gasteiger partial charge on any atom is 0.0990 e. The highest BCUT2D eigenvalue weighted by molar-refractivity contribution is 8.17. The lowest BCUT2D eigenvalue weighted by molar-refractivity contribution is 0.866. The van der Waals surface area contributed by atoms with E-state index in [0.29, 0.717) is 10.6 Å². The summed E-state index contributed by atoms with van der Waals surface area (Å²) in [4.78, 5) is 0. The van der Waals surface area contributed by atoms with E-state index in [4.69, 9.17) is 21.7 Å². The number of rotatable bonds is 0. The van der Waals surface area contributed by atoms with E-state index < -0.39 is 5.92 Å². The molecule has 0 spiro atoms. The van der Waals surface area contributed by atoms with Gasteiger partial charge < -0.3 is 5.73 Å². The van der Waals surface area contributed by atoms with Gasteiger partial charge in [-0.25, -0.2) is 0 Å². The normalized spacial score (nSPS) is 23.2. The van der Waals surface area contributed by atoms with Gasteiger partial charge >= 0.3 is 0 Å². The van der Waals surface area contributed by atoms with Crippen molar-refractivity contribution in [2.24, 2.45) is 11.7 Å². The standard InChI is InChI=1S/C7H6N4S/c8-2-4-1-5(3-9)7(11)12-6(4)10/h4,10H,1,11H2/t4-/m1/s1. The summed E-state index contributed by atoms with van der Waals surface area (Å²) in [6.45, 7) is 0. The number of hydrogen-bond acceptors (Lipinski definition) is 5. The third-order valence-corrected chi connectivity index (χ3v) is 2.50. The molecule has 0 radical (unpaired) electrons. The zero-order valence-electron chi connectivity index (χ0n) is 6.16. The fourth-order valence-corrected chi connectivity index (χ4v) is 1.62. The molecule has 0 aliphatic carbocycles. The van der Waals surface area contributed by atoms with Crippen LogP contribution in [0.3, 0.4) is 0 Å². The Kier molecular flexibility index (Phi) is 2.37. The van der Waals surface area contributed by atoms with Crippen LogP contribution >= 0.6 is 11.8 Å². The fourth-order valence-electron chi connectivity index (χ4n) is 0.854. The van der Waals surface area contributed by atoms with E-state index in [1.165, 1.54) is 0 Å². The van der Waals surface area contributed by atoms with Crippen molar-refractivity contribution < 1.29 is 0 Å². The molecule has 0 aromatic carbocycles. The largest absolute Gasteiger partial charge is 0.392 e. The number of allylic oxidation sites excluding steroid dienone is 1. The van der Waals surface area contributed by atoms with Gasteiger partial charge in [0.15, 0.2) is 0 Å². The molecule has 1 rings (SSSR count). The first kappa shape index (κ1) is 8.63. The first-order valence-corrected chi connectivity index (χ1v) is 4.05. The van der Waals surface area contributed by atoms with Crippen molar-refractivity contribution in [3.05, 3.63) is 10.6 Å². The highest BCUT2D eigenvalue weighted by atomic mass is 32.2. The molecule has 0 aromatic rings. The van der Waals surface area contributed by atoms with Crippen LogP contribution in [0.25, 0.3) is 0 Å². The van der Waals surface area contributed by atoms with Crippen molar-refractivity contribution in [3.8, 4) is 12.1 Å². The van der Waals surface area contributed by atoms with Crippen LogP contribution in [0.15, 0.2) is 10.6 Å². The maximum atomic E-state index is 8.58. The molecule has 1 aliphatic heterocycles. The second-order valence-corrected chi connectivity index (χ2v) is 3.39. The third-order valence-electron chi connectivity index (χ3n) is 1.53. The molecule has 4 nitrogen and oxygen atoms in total. The van der Waals surface area contributed by atoms with Crippen LogP contribution in [0.5, 0.6) is 0 Å². The van der Waals surface area contributed by atoms with Gasteiger partial charge in [0.25, 0.3) is 0 Å². The first-order chi connectivity index (χ1) is 5.69. The van der Waals surface area contributed by atoms with Gasteiger partial charge in [0.05, 0.1) is 33.7 Å². The van der Waals surface area contributed by atoms with Crippen molar-refractivity contribution in [1.82, 2.24) is 0 Å². The van der Waals surface area contributed by atoms with Crippen LogP contribution in [0.4, 0.5) is 0 Å². The number of hydrogen-bond donors (Lipinski definition) is 2. The Morgan fingerprint density at radius 3 is 2.75 bits per heavy atom. The van der Waals surface area contributed by atoms with Gasteiger partial charge in [0.2, 0.25) is 0 Å². The molecule has 0 amide bonds. The molecular weight excluding hydrogens is 172 g/mol. The number of nitrogens with two attached hydrogens (primary N) is 1. The van der Waals surface area contributed by atoms with E-state index in [1.807, 2.05) is 12.1 Å². The topological polar surface area (TPSA) is 97.4 Å². The second-order valence-electron chi connectivity index (χ2n) is 2.31. The molecule has 3 N–H and O–H groups in total. The van der Waals surface area contributed by atoms with Crippen LogP contribution < -0.4 is 5.73 Å². The summed E-state index contributed by atoms with van der Waals surface area (Å²) in [6, 6.07) is 3.88. The summed E-state index contributed by atoms with van der Waals surface area (Å²) in [5.41, 5.74) is 5.89. The summed E-state index contributed by atoms with van der Waals surface area (Å²) in [7, 11) is 0. The SMILES string of the molecule is N#CC1=C(N)SC(=N)[C@@H](C#N)C1. The number of nitrogens with zero attached hydrogens (tertiary/aromatic N) is 2. The zero-order valence-corrected chi connectivity index (χ0v) is 6.98. The maximum absolute atomic E-state index is 8.58. The molecule has 0 unspecified atom stereocenters. The van der Waals surface area contributed by atoms with Crippen molar-refractivity contribution in [2.75, 3.05) is 0 Å². The molecule has 0 bridgehead atoms. The minimum absolute atomic E-state index is 0.231. The Balaban J connectivity index is 2.95. The summed E-state index contributed by atoms with van der Waals surface area (Å²) >= 11 is 1.00. The predicted molar refractivity (Wildman–Crippen MR) is 45.9 cm³/mol. The fraction of sp³-hybridized carbons (Fsp3) is 0.286. The highest BCUT2D eigenvalue weighted by Crippen LogP contribution is 2.30.